The molecule has 0 atom stereocenters. The molecule has 0 aliphatic carbocycles. The van der Waals surface area contributed by atoms with E-state index in [1.807, 2.05) is 0 Å². The van der Waals surface area contributed by atoms with Gasteiger partial charge in [-0.25, -0.2) is 0 Å². The topological polar surface area (TPSA) is 0 Å². The van der Waals surface area contributed by atoms with E-state index in [0.29, 0.717) is 0 Å². The van der Waals surface area contributed by atoms with Crippen molar-refractivity contribution in [3.8, 4) is 0 Å². The fourth-order valence-electron chi connectivity index (χ4n) is 0. The fourth-order valence-corrected chi connectivity index (χ4v) is 0. The Morgan fingerprint density at radius 1 is 0.250 bits per heavy atom. The summed E-state index contributed by atoms with van der Waals surface area (Å²) in [6, 6.07) is 0. The smallest absolute Gasteiger partial charge is 0 e. The van der Waals surface area contributed by atoms with Gasteiger partial charge in [0.1, 0.15) is 0 Å². The molecule has 0 rings (SSSR count). The predicted molar refractivity (Wildman–Crippen MR) is 0 cm³/mol. The van der Waals surface area contributed by atoms with Crippen LogP contribution in [0, 0.1) is 0 Å². The third-order valence-corrected chi connectivity index (χ3v) is 0. The van der Waals surface area contributed by atoms with Gasteiger partial charge in [0, 0.05) is 187 Å². The van der Waals surface area contributed by atoms with Gasteiger partial charge in [-0.1, -0.05) is 0 Å². The second-order valence-corrected chi connectivity index (χ2v) is 0. The van der Waals surface area contributed by atoms with Gasteiger partial charge in [0.25, 0.3) is 0 Å². The van der Waals surface area contributed by atoms with Crippen LogP contribution in [0.25, 0.3) is 0 Å². The van der Waals surface area contributed by atoms with Crippen LogP contribution in [0.1, 0.15) is 0 Å². The van der Waals surface area contributed by atoms with Gasteiger partial charge in [-0.15, -0.1) is 0 Å². The molecule has 0 aromatic heterocycles. The summed E-state index contributed by atoms with van der Waals surface area (Å²) in [7, 11) is 0. The number of hydrogen-bond acceptors (Lipinski definition) is 0. The molecule has 8 heavy (non-hydrogen) atoms. The van der Waals surface area contributed by atoms with Crippen LogP contribution < -0.4 is 0 Å². The van der Waals surface area contributed by atoms with Gasteiger partial charge in [-0.05, 0) is 0 Å². The Labute approximate surface area is 182 Å². The van der Waals surface area contributed by atoms with E-state index in [1.54, 1.807) is 0 Å². The van der Waals surface area contributed by atoms with Crippen LogP contribution >= 0.6 is 0 Å². The minimum Gasteiger partial charge on any atom is 0 e. The molecule has 0 N–H and O–H groups in total. The molecule has 0 aliphatic rings. The third kappa shape index (κ3) is 39.9. The summed E-state index contributed by atoms with van der Waals surface area (Å²) in [6.07, 6.45) is 0. The molecule has 0 radical (unpaired) electrons. The van der Waals surface area contributed by atoms with Crippen molar-refractivity contribution < 1.29 is 187 Å². The van der Waals surface area contributed by atoms with Crippen LogP contribution in [-0.2, 0) is 187 Å². The van der Waals surface area contributed by atoms with Crippen molar-refractivity contribution in [1.29, 1.82) is 0 Å². The van der Waals surface area contributed by atoms with Crippen molar-refractivity contribution in [3.63, 3.8) is 0 Å². The average Bonchev–Trinajstić information content (AvgIpc) is 0. The van der Waals surface area contributed by atoms with E-state index in [-0.39, 0.29) is 187 Å². The Morgan fingerprint density at radius 3 is 0.250 bits per heavy atom. The van der Waals surface area contributed by atoms with Crippen LogP contribution in [0.4, 0.5) is 0 Å². The fraction of sp³-hybridized carbons (Fsp3) is 0. The first-order valence-electron chi connectivity index (χ1n) is 0. The second-order valence-electron chi connectivity index (χ2n) is 0. The number of rotatable bonds is 0. The van der Waals surface area contributed by atoms with Crippen molar-refractivity contribution in [3.05, 3.63) is 0 Å². The van der Waals surface area contributed by atoms with Crippen LogP contribution in [0.5, 0.6) is 0 Å². The molecule has 0 bridgehead atoms. The summed E-state index contributed by atoms with van der Waals surface area (Å²) in [5.74, 6) is 0. The van der Waals surface area contributed by atoms with E-state index in [2.05, 4.69) is 0 Å². The SMILES string of the molecule is [Cd].[Cd].[Cd].[Cd].[Zn].[Zn].[Zn].[Zn]. The first-order valence-corrected chi connectivity index (χ1v) is 0. The summed E-state index contributed by atoms with van der Waals surface area (Å²) in [5, 5.41) is 0. The zero-order valence-electron chi connectivity index (χ0n) is 5.66. The maximum absolute atomic E-state index is 0. The predicted octanol–water partition coefficient (Wildman–Crippen LogP) is -0.0200. The van der Waals surface area contributed by atoms with E-state index >= 15 is 0 Å². The molecule has 0 heterocycles. The van der Waals surface area contributed by atoms with Crippen molar-refractivity contribution in [1.82, 2.24) is 0 Å². The quantitative estimate of drug-likeness (QED) is 0.311. The average molecular weight is 711 g/mol. The van der Waals surface area contributed by atoms with E-state index in [1.165, 1.54) is 0 Å². The van der Waals surface area contributed by atoms with Gasteiger partial charge in [0.15, 0.2) is 0 Å². The molecule has 8 heteroatoms. The molecule has 16 valence electrons. The van der Waals surface area contributed by atoms with Crippen molar-refractivity contribution in [2.24, 2.45) is 0 Å². The third-order valence-electron chi connectivity index (χ3n) is 0. The van der Waals surface area contributed by atoms with Gasteiger partial charge in [-0.2, -0.15) is 0 Å². The maximum atomic E-state index is 0. The summed E-state index contributed by atoms with van der Waals surface area (Å²) in [6.45, 7) is 0. The first-order chi connectivity index (χ1) is 0. The summed E-state index contributed by atoms with van der Waals surface area (Å²) in [5.41, 5.74) is 0. The van der Waals surface area contributed by atoms with E-state index in [4.69, 9.17) is 0 Å². The second kappa shape index (κ2) is 51.2. The van der Waals surface area contributed by atoms with Crippen LogP contribution in [-0.4, -0.2) is 0 Å². The van der Waals surface area contributed by atoms with Crippen molar-refractivity contribution >= 4 is 0 Å². The molecule has 0 amide bonds. The van der Waals surface area contributed by atoms with Crippen LogP contribution in [0.2, 0.25) is 0 Å². The van der Waals surface area contributed by atoms with E-state index < -0.39 is 0 Å². The Kier molecular flexibility index (Phi) is 413. The minimum atomic E-state index is 0. The molecule has 0 nitrogen and oxygen atoms in total. The molecule has 0 spiro atoms. The summed E-state index contributed by atoms with van der Waals surface area (Å²) in [4.78, 5) is 0. The molecule has 0 unspecified atom stereocenters. The summed E-state index contributed by atoms with van der Waals surface area (Å²) >= 11 is 0. The zero-order chi connectivity index (χ0) is 0. The van der Waals surface area contributed by atoms with Crippen LogP contribution in [0.15, 0.2) is 0 Å². The minimum absolute atomic E-state index is 0. The monoisotopic (exact) mass is 711 g/mol. The van der Waals surface area contributed by atoms with Gasteiger partial charge < -0.3 is 0 Å². The Morgan fingerprint density at radius 2 is 0.250 bits per heavy atom. The Hall–Kier alpha value is 6.18. The summed E-state index contributed by atoms with van der Waals surface area (Å²) < 4.78 is 0. The Balaban J connectivity index is 0. The molecule has 0 aromatic rings. The van der Waals surface area contributed by atoms with E-state index in [9.17, 15) is 0 Å². The van der Waals surface area contributed by atoms with Gasteiger partial charge in [0.2, 0.25) is 0 Å². The van der Waals surface area contributed by atoms with Gasteiger partial charge in [-0.3, -0.25) is 0 Å². The zero-order valence-corrected chi connectivity index (χ0v) is 33.7. The van der Waals surface area contributed by atoms with Gasteiger partial charge in [0.05, 0.1) is 0 Å². The molecule has 0 aliphatic heterocycles. The molecule has 0 fully saturated rings. The molecular weight excluding hydrogens is 711 g/mol. The van der Waals surface area contributed by atoms with Crippen molar-refractivity contribution in [2.45, 2.75) is 0 Å². The standard InChI is InChI=1S/4Cd.4Zn. The van der Waals surface area contributed by atoms with Crippen LogP contribution in [0.3, 0.4) is 0 Å². The molecule has 0 saturated heterocycles. The number of hydrogen-bond donors (Lipinski definition) is 0. The molecular formula is Cd4Zn4. The van der Waals surface area contributed by atoms with Gasteiger partial charge >= 0.3 is 0 Å². The molecule has 0 saturated carbocycles. The first kappa shape index (κ1) is 64.5. The maximum Gasteiger partial charge on any atom is 0 e. The largest absolute Gasteiger partial charge is 0 e. The van der Waals surface area contributed by atoms with E-state index in [0.717, 1.165) is 0 Å². The van der Waals surface area contributed by atoms with Crippen molar-refractivity contribution in [2.75, 3.05) is 0 Å². The Bertz CT molecular complexity index is 8.00. The normalized spacial score (nSPS) is 0. The molecule has 0 aromatic carbocycles.